The van der Waals surface area contributed by atoms with Gasteiger partial charge in [-0.1, -0.05) is 12.1 Å². The van der Waals surface area contributed by atoms with Gasteiger partial charge in [0.05, 0.1) is 35.7 Å². The monoisotopic (exact) mass is 1130 g/mol. The van der Waals surface area contributed by atoms with Crippen LogP contribution in [0.25, 0.3) is 0 Å². The highest BCUT2D eigenvalue weighted by molar-refractivity contribution is 5.06. The first-order chi connectivity index (χ1) is 40.7. The van der Waals surface area contributed by atoms with Gasteiger partial charge in [0.1, 0.15) is 49.1 Å². The van der Waals surface area contributed by atoms with Gasteiger partial charge < -0.3 is 0 Å². The van der Waals surface area contributed by atoms with Crippen molar-refractivity contribution in [2.24, 2.45) is 0 Å². The molecule has 0 saturated heterocycles. The van der Waals surface area contributed by atoms with Gasteiger partial charge in [0.25, 0.3) is 0 Å². The van der Waals surface area contributed by atoms with Gasteiger partial charge in [-0.05, 0) is 166 Å². The molecule has 12 rings (SSSR count). The molecule has 0 spiro atoms. The Bertz CT molecular complexity index is 2440. The van der Waals surface area contributed by atoms with Crippen molar-refractivity contribution in [3.63, 3.8) is 0 Å². The minimum atomic E-state index is 0.711. The van der Waals surface area contributed by atoms with E-state index in [0.29, 0.717) is 5.82 Å². The maximum Gasteiger partial charge on any atom is 0.147 e. The molecule has 432 valence electrons. The van der Waals surface area contributed by atoms with E-state index in [0.717, 1.165) is 51.2 Å². The van der Waals surface area contributed by atoms with Gasteiger partial charge >= 0.3 is 0 Å². The standard InChI is InChI=1S/3C6H7N.6C5H6N2.3C4H5N3/c1-6-2-4-7-5-3-6;1-6-3-2-4-7-5-6;1-6-4-2-3-5-7-6;1-5-2-6-4-7-3-5;1-5-4-6-2-3-7-5;1-5-2-3-6-4-7-5;1-5-2-3-6-7-4-5;1-5-6-3-2-4-7-5;1-5-3-2-4-6-7-5;1-4-6-2-5-3-7-4;1-4-2-6-7-3-5-4;1-4-5-2-3-6-7-4/h3*2-5H,1H3;6*2-4H,1H3;3*2-3H,1H3. The zero-order valence-corrected chi connectivity index (χ0v) is 49.5. The molecule has 12 heterocycles. The molecule has 0 N–H and O–H groups in total. The predicted molar refractivity (Wildman–Crippen MR) is 321 cm³/mol. The van der Waals surface area contributed by atoms with Gasteiger partial charge in [0.15, 0.2) is 0 Å². The van der Waals surface area contributed by atoms with Gasteiger partial charge in [-0.15, -0.1) is 10.2 Å². The Balaban J connectivity index is 0.000000458. The molecule has 0 aliphatic carbocycles. The molecular weight excluding hydrogens is 1060 g/mol. The Kier molecular flexibility index (Phi) is 42.4. The van der Waals surface area contributed by atoms with E-state index in [4.69, 9.17) is 0 Å². The smallest absolute Gasteiger partial charge is 0.147 e. The van der Waals surface area contributed by atoms with Crippen molar-refractivity contribution in [1.29, 1.82) is 0 Å². The van der Waals surface area contributed by atoms with Crippen LogP contribution >= 0.6 is 0 Å². The lowest BCUT2D eigenvalue weighted by Crippen LogP contribution is -1.85. The van der Waals surface area contributed by atoms with Crippen LogP contribution in [0, 0.1) is 83.1 Å². The maximum atomic E-state index is 3.98. The first-order valence-electron chi connectivity index (χ1n) is 25.5. The van der Waals surface area contributed by atoms with Gasteiger partial charge in [-0.2, -0.15) is 30.6 Å². The Morgan fingerprint density at radius 3 is 1.04 bits per heavy atom. The summed E-state index contributed by atoms with van der Waals surface area (Å²) in [6.07, 6.45) is 40.0. The number of aromatic nitrogens is 24. The molecule has 84 heavy (non-hydrogen) atoms. The predicted octanol–water partition coefficient (Wildman–Crippen LogP) is 9.42. The van der Waals surface area contributed by atoms with Crippen molar-refractivity contribution in [3.8, 4) is 0 Å². The first kappa shape index (κ1) is 71.0. The average molecular weight is 1130 g/mol. The molecule has 24 nitrogen and oxygen atoms in total. The third-order valence-corrected chi connectivity index (χ3v) is 8.56. The second-order valence-corrected chi connectivity index (χ2v) is 16.3. The van der Waals surface area contributed by atoms with Gasteiger partial charge in [-0.25, -0.2) is 54.8 Å². The van der Waals surface area contributed by atoms with Gasteiger partial charge in [0, 0.05) is 111 Å². The normalized spacial score (nSPS) is 8.71. The zero-order valence-electron chi connectivity index (χ0n) is 49.5. The van der Waals surface area contributed by atoms with E-state index in [-0.39, 0.29) is 0 Å². The summed E-state index contributed by atoms with van der Waals surface area (Å²) in [6, 6.07) is 23.1. The number of hydrogen-bond acceptors (Lipinski definition) is 24. The van der Waals surface area contributed by atoms with E-state index < -0.39 is 0 Å². The third kappa shape index (κ3) is 48.1. The van der Waals surface area contributed by atoms with Crippen LogP contribution in [0.3, 0.4) is 0 Å². The van der Waals surface area contributed by atoms with Crippen LogP contribution < -0.4 is 0 Å². The van der Waals surface area contributed by atoms with Crippen molar-refractivity contribution < 1.29 is 0 Å². The highest BCUT2D eigenvalue weighted by Gasteiger charge is 1.81. The van der Waals surface area contributed by atoms with Crippen LogP contribution in [0.15, 0.2) is 222 Å². The van der Waals surface area contributed by atoms with E-state index >= 15 is 0 Å². The summed E-state index contributed by atoms with van der Waals surface area (Å²) in [5.41, 5.74) is 9.62. The lowest BCUT2D eigenvalue weighted by molar-refractivity contribution is 0.907. The summed E-state index contributed by atoms with van der Waals surface area (Å²) in [4.78, 5) is 61.1. The molecule has 0 bridgehead atoms. The molecule has 0 unspecified atom stereocenters. The second kappa shape index (κ2) is 50.2. The number of aryl methyl sites for hydroxylation is 12. The lowest BCUT2D eigenvalue weighted by Gasteiger charge is -1.82. The molecule has 24 heteroatoms. The largest absolute Gasteiger partial charge is 0.265 e. The van der Waals surface area contributed by atoms with Gasteiger partial charge in [-0.3, -0.25) is 24.9 Å². The highest BCUT2D eigenvalue weighted by atomic mass is 15.1. The molecule has 0 amide bonds. The summed E-state index contributed by atoms with van der Waals surface area (Å²) in [5.74, 6) is 2.29. The van der Waals surface area contributed by atoms with Crippen molar-refractivity contribution in [2.75, 3.05) is 0 Å². The molecule has 0 atom stereocenters. The van der Waals surface area contributed by atoms with Gasteiger partial charge in [0.2, 0.25) is 0 Å². The molecule has 12 aromatic heterocycles. The fraction of sp³-hybridized carbons (Fsp3) is 0.200. The lowest BCUT2D eigenvalue weighted by atomic mass is 10.3. The number of hydrogen-bond donors (Lipinski definition) is 0. The van der Waals surface area contributed by atoms with Crippen LogP contribution in [0.4, 0.5) is 0 Å². The van der Waals surface area contributed by atoms with E-state index in [1.807, 2.05) is 149 Å². The summed E-state index contributed by atoms with van der Waals surface area (Å²) in [6.45, 7) is 23.1. The van der Waals surface area contributed by atoms with Crippen LogP contribution in [-0.2, 0) is 0 Å². The zero-order chi connectivity index (χ0) is 61.4. The van der Waals surface area contributed by atoms with E-state index in [9.17, 15) is 0 Å². The fourth-order valence-electron chi connectivity index (χ4n) is 4.44. The minimum absolute atomic E-state index is 0.711. The summed E-state index contributed by atoms with van der Waals surface area (Å²) < 4.78 is 0. The fourth-order valence-corrected chi connectivity index (χ4v) is 4.44. The maximum absolute atomic E-state index is 3.98. The molecule has 0 aromatic carbocycles. The van der Waals surface area contributed by atoms with Crippen LogP contribution in [0.1, 0.15) is 68.2 Å². The SMILES string of the molecule is Cc1ccccn1.Cc1cccnc1.Cc1cccnn1.Cc1ccncc1.Cc1ccncn1.Cc1ccnnc1.Cc1cnccn1.Cc1cncnc1.Cc1cnncn1.Cc1ncccn1.Cc1nccnn1.Cc1ncncn1. The Hall–Kier alpha value is -11.0. The van der Waals surface area contributed by atoms with Crippen molar-refractivity contribution in [1.82, 2.24) is 121 Å². The highest BCUT2D eigenvalue weighted by Crippen LogP contribution is 1.91. The molecule has 0 fully saturated rings. The van der Waals surface area contributed by atoms with Crippen molar-refractivity contribution in [2.45, 2.75) is 83.1 Å². The van der Waals surface area contributed by atoms with Crippen LogP contribution in [0.5, 0.6) is 0 Å². The first-order valence-corrected chi connectivity index (χ1v) is 25.5. The number of nitrogens with zero attached hydrogens (tertiary/aromatic N) is 24. The van der Waals surface area contributed by atoms with E-state index in [1.54, 1.807) is 125 Å². The van der Waals surface area contributed by atoms with E-state index in [1.165, 1.54) is 42.8 Å². The van der Waals surface area contributed by atoms with Crippen molar-refractivity contribution in [3.05, 3.63) is 290 Å². The average Bonchev–Trinajstić information content (AvgIpc) is 3.51. The van der Waals surface area contributed by atoms with Crippen LogP contribution in [0.2, 0.25) is 0 Å². The molecule has 0 aliphatic rings. The summed E-state index contributed by atoms with van der Waals surface area (Å²) in [7, 11) is 0. The third-order valence-electron chi connectivity index (χ3n) is 8.56. The molecule has 12 aromatic rings. The number of rotatable bonds is 0. The van der Waals surface area contributed by atoms with Crippen LogP contribution in [-0.4, -0.2) is 121 Å². The summed E-state index contributed by atoms with van der Waals surface area (Å²) >= 11 is 0. The molecular formula is C60H72N24. The molecule has 0 radical (unpaired) electrons. The topological polar surface area (TPSA) is 309 Å². The molecule has 0 saturated carbocycles. The molecule has 0 aliphatic heterocycles. The number of pyridine rings is 3. The Morgan fingerprint density at radius 1 is 0.202 bits per heavy atom. The van der Waals surface area contributed by atoms with Crippen molar-refractivity contribution >= 4 is 0 Å². The Labute approximate surface area is 492 Å². The quantitative estimate of drug-likeness (QED) is 0.136. The minimum Gasteiger partial charge on any atom is -0.265 e. The second-order valence-electron chi connectivity index (χ2n) is 16.3. The van der Waals surface area contributed by atoms with E-state index in [2.05, 4.69) is 121 Å². The Morgan fingerprint density at radius 2 is 0.750 bits per heavy atom. The summed E-state index contributed by atoms with van der Waals surface area (Å²) in [5, 5.41) is 28.8.